The number of benzene rings is 1. The van der Waals surface area contributed by atoms with Gasteiger partial charge in [-0.3, -0.25) is 0 Å². The van der Waals surface area contributed by atoms with Crippen LogP contribution in [0.5, 0.6) is 0 Å². The largest absolute Gasteiger partial charge is 0.0654 e. The predicted molar refractivity (Wildman–Crippen MR) is 73.8 cm³/mol. The average molecular weight is 281 g/mol. The summed E-state index contributed by atoms with van der Waals surface area (Å²) < 4.78 is 1.31. The van der Waals surface area contributed by atoms with Crippen molar-refractivity contribution in [3.05, 3.63) is 34.3 Å². The molecule has 0 unspecified atom stereocenters. The summed E-state index contributed by atoms with van der Waals surface area (Å²) in [6.07, 6.45) is 9.63. The highest BCUT2D eigenvalue weighted by molar-refractivity contribution is 9.10. The Morgan fingerprint density at radius 3 is 2.44 bits per heavy atom. The molecule has 0 bridgehead atoms. The minimum Gasteiger partial charge on any atom is -0.0654 e. The van der Waals surface area contributed by atoms with Gasteiger partial charge in [0.2, 0.25) is 0 Å². The predicted octanol–water partition coefficient (Wildman–Crippen LogP) is 5.45. The van der Waals surface area contributed by atoms with E-state index in [0.29, 0.717) is 5.41 Å². The zero-order valence-electron chi connectivity index (χ0n) is 10.1. The summed E-state index contributed by atoms with van der Waals surface area (Å²) in [5.74, 6) is 0. The Balaban J connectivity index is 2.34. The van der Waals surface area contributed by atoms with Gasteiger partial charge in [0.25, 0.3) is 0 Å². The van der Waals surface area contributed by atoms with Gasteiger partial charge in [0.15, 0.2) is 0 Å². The molecule has 0 amide bonds. The monoisotopic (exact) mass is 280 g/mol. The van der Waals surface area contributed by atoms with Crippen molar-refractivity contribution >= 4 is 15.9 Å². The van der Waals surface area contributed by atoms with E-state index in [-0.39, 0.29) is 0 Å². The molecule has 0 spiro atoms. The summed E-state index contributed by atoms with van der Waals surface area (Å²) >= 11 is 3.74. The van der Waals surface area contributed by atoms with Crippen molar-refractivity contribution in [1.29, 1.82) is 0 Å². The molecule has 1 aliphatic carbocycles. The molecule has 0 aliphatic heterocycles. The number of rotatable bonds is 3. The van der Waals surface area contributed by atoms with Crippen molar-refractivity contribution in [3.8, 4) is 0 Å². The SMILES string of the molecule is CCCC1(c2ccccc2Br)CCCCC1. The molecule has 1 saturated carbocycles. The van der Waals surface area contributed by atoms with Crippen LogP contribution in [0.3, 0.4) is 0 Å². The van der Waals surface area contributed by atoms with Crippen molar-refractivity contribution in [2.75, 3.05) is 0 Å². The molecule has 0 nitrogen and oxygen atoms in total. The fourth-order valence-electron chi connectivity index (χ4n) is 3.25. The van der Waals surface area contributed by atoms with E-state index in [1.54, 1.807) is 5.56 Å². The van der Waals surface area contributed by atoms with Crippen LogP contribution in [-0.2, 0) is 5.41 Å². The second kappa shape index (κ2) is 5.35. The molecule has 1 aromatic rings. The molecule has 1 aliphatic rings. The summed E-state index contributed by atoms with van der Waals surface area (Å²) in [4.78, 5) is 0. The van der Waals surface area contributed by atoms with Crippen molar-refractivity contribution in [1.82, 2.24) is 0 Å². The van der Waals surface area contributed by atoms with Crippen LogP contribution in [0.4, 0.5) is 0 Å². The molecule has 0 radical (unpaired) electrons. The van der Waals surface area contributed by atoms with Gasteiger partial charge >= 0.3 is 0 Å². The van der Waals surface area contributed by atoms with Crippen LogP contribution in [0.15, 0.2) is 28.7 Å². The molecule has 0 N–H and O–H groups in total. The second-order valence-corrected chi connectivity index (χ2v) is 5.93. The molecule has 2 rings (SSSR count). The van der Waals surface area contributed by atoms with Gasteiger partial charge in [0.1, 0.15) is 0 Å². The maximum absolute atomic E-state index is 3.74. The lowest BCUT2D eigenvalue weighted by Gasteiger charge is -2.38. The van der Waals surface area contributed by atoms with E-state index < -0.39 is 0 Å². The van der Waals surface area contributed by atoms with Gasteiger partial charge in [-0.25, -0.2) is 0 Å². The lowest BCUT2D eigenvalue weighted by Crippen LogP contribution is -2.29. The lowest BCUT2D eigenvalue weighted by molar-refractivity contribution is 0.270. The number of hydrogen-bond acceptors (Lipinski definition) is 0. The lowest BCUT2D eigenvalue weighted by atomic mass is 9.67. The van der Waals surface area contributed by atoms with E-state index >= 15 is 0 Å². The van der Waals surface area contributed by atoms with E-state index in [4.69, 9.17) is 0 Å². The fraction of sp³-hybridized carbons (Fsp3) is 0.600. The fourth-order valence-corrected chi connectivity index (χ4v) is 3.96. The molecule has 1 aromatic carbocycles. The number of hydrogen-bond donors (Lipinski definition) is 0. The first-order valence-corrected chi connectivity index (χ1v) is 7.33. The Morgan fingerprint density at radius 2 is 1.81 bits per heavy atom. The van der Waals surface area contributed by atoms with E-state index in [1.807, 2.05) is 0 Å². The Labute approximate surface area is 108 Å². The van der Waals surface area contributed by atoms with Crippen LogP contribution < -0.4 is 0 Å². The maximum Gasteiger partial charge on any atom is 0.0212 e. The van der Waals surface area contributed by atoms with Gasteiger partial charge in [-0.1, -0.05) is 66.7 Å². The molecular formula is C15H21Br. The Morgan fingerprint density at radius 1 is 1.12 bits per heavy atom. The summed E-state index contributed by atoms with van der Waals surface area (Å²) in [5.41, 5.74) is 2.02. The molecule has 0 atom stereocenters. The highest BCUT2D eigenvalue weighted by Gasteiger charge is 2.33. The third-order valence-electron chi connectivity index (χ3n) is 3.98. The van der Waals surface area contributed by atoms with Gasteiger partial charge in [-0.05, 0) is 36.3 Å². The first-order chi connectivity index (χ1) is 7.78. The van der Waals surface area contributed by atoms with E-state index in [0.717, 1.165) is 0 Å². The second-order valence-electron chi connectivity index (χ2n) is 5.07. The van der Waals surface area contributed by atoms with Crippen LogP contribution in [0.25, 0.3) is 0 Å². The normalized spacial score (nSPS) is 19.6. The molecule has 1 fully saturated rings. The van der Waals surface area contributed by atoms with Crippen LogP contribution >= 0.6 is 15.9 Å². The van der Waals surface area contributed by atoms with Gasteiger partial charge in [0.05, 0.1) is 0 Å². The Kier molecular flexibility index (Phi) is 4.07. The summed E-state index contributed by atoms with van der Waals surface area (Å²) in [6, 6.07) is 8.83. The van der Waals surface area contributed by atoms with Crippen LogP contribution in [-0.4, -0.2) is 0 Å². The van der Waals surface area contributed by atoms with Crippen LogP contribution in [0, 0.1) is 0 Å². The quantitative estimate of drug-likeness (QED) is 0.691. The third kappa shape index (κ3) is 2.34. The zero-order chi connectivity index (χ0) is 11.4. The standard InChI is InChI=1S/C15H21Br/c1-2-10-15(11-6-3-7-12-15)13-8-4-5-9-14(13)16/h4-5,8-9H,2-3,6-7,10-12H2,1H3. The van der Waals surface area contributed by atoms with Gasteiger partial charge in [0, 0.05) is 4.47 Å². The number of halogens is 1. The van der Waals surface area contributed by atoms with E-state index in [9.17, 15) is 0 Å². The van der Waals surface area contributed by atoms with Crippen molar-refractivity contribution in [2.45, 2.75) is 57.3 Å². The molecule has 88 valence electrons. The minimum absolute atomic E-state index is 0.465. The molecule has 16 heavy (non-hydrogen) atoms. The van der Waals surface area contributed by atoms with Gasteiger partial charge < -0.3 is 0 Å². The zero-order valence-corrected chi connectivity index (χ0v) is 11.7. The highest BCUT2D eigenvalue weighted by Crippen LogP contribution is 2.45. The molecular weight excluding hydrogens is 260 g/mol. The van der Waals surface area contributed by atoms with E-state index in [2.05, 4.69) is 47.1 Å². The van der Waals surface area contributed by atoms with E-state index in [1.165, 1.54) is 49.4 Å². The van der Waals surface area contributed by atoms with Crippen LogP contribution in [0.2, 0.25) is 0 Å². The Bertz CT molecular complexity index is 332. The molecule has 0 saturated heterocycles. The van der Waals surface area contributed by atoms with Gasteiger partial charge in [-0.15, -0.1) is 0 Å². The van der Waals surface area contributed by atoms with Gasteiger partial charge in [-0.2, -0.15) is 0 Å². The van der Waals surface area contributed by atoms with Crippen molar-refractivity contribution in [2.24, 2.45) is 0 Å². The Hall–Kier alpha value is -0.300. The smallest absolute Gasteiger partial charge is 0.0212 e. The third-order valence-corrected chi connectivity index (χ3v) is 4.68. The summed E-state index contributed by atoms with van der Waals surface area (Å²) in [7, 11) is 0. The molecule has 0 heterocycles. The molecule has 0 aromatic heterocycles. The highest BCUT2D eigenvalue weighted by atomic mass is 79.9. The minimum atomic E-state index is 0.465. The molecule has 1 heteroatoms. The topological polar surface area (TPSA) is 0 Å². The first kappa shape index (κ1) is 12.2. The summed E-state index contributed by atoms with van der Waals surface area (Å²) in [5, 5.41) is 0. The average Bonchev–Trinajstić information content (AvgIpc) is 2.31. The van der Waals surface area contributed by atoms with Crippen molar-refractivity contribution < 1.29 is 0 Å². The first-order valence-electron chi connectivity index (χ1n) is 6.53. The van der Waals surface area contributed by atoms with Crippen molar-refractivity contribution in [3.63, 3.8) is 0 Å². The summed E-state index contributed by atoms with van der Waals surface area (Å²) in [6.45, 7) is 2.31. The maximum atomic E-state index is 3.74. The van der Waals surface area contributed by atoms with Crippen LogP contribution in [0.1, 0.15) is 57.4 Å².